The van der Waals surface area contributed by atoms with E-state index in [2.05, 4.69) is 4.98 Å². The smallest absolute Gasteiger partial charge is 0.852 e. The van der Waals surface area contributed by atoms with E-state index < -0.39 is 23.6 Å². The van der Waals surface area contributed by atoms with Gasteiger partial charge in [-0.15, -0.1) is 6.61 Å². The van der Waals surface area contributed by atoms with Gasteiger partial charge in [0.25, 0.3) is 5.56 Å². The molecule has 2 heterocycles. The van der Waals surface area contributed by atoms with Gasteiger partial charge < -0.3 is 9.84 Å². The van der Waals surface area contributed by atoms with Crippen LogP contribution in [0.3, 0.4) is 0 Å². The van der Waals surface area contributed by atoms with Gasteiger partial charge >= 0.3 is 35.2 Å². The summed E-state index contributed by atoms with van der Waals surface area (Å²) in [6, 6.07) is 0. The van der Waals surface area contributed by atoms with Gasteiger partial charge in [-0.2, -0.15) is 0 Å². The first kappa shape index (κ1) is 14.4. The Labute approximate surface area is 119 Å². The van der Waals surface area contributed by atoms with E-state index in [1.807, 2.05) is 0 Å². The molecule has 0 saturated heterocycles. The Hall–Kier alpha value is -0.660. The van der Waals surface area contributed by atoms with Crippen LogP contribution in [-0.4, -0.2) is 22.3 Å². The zero-order valence-corrected chi connectivity index (χ0v) is 11.7. The number of aromatic nitrogens is 2. The van der Waals surface area contributed by atoms with E-state index in [9.17, 15) is 14.7 Å². The van der Waals surface area contributed by atoms with Crippen molar-refractivity contribution >= 4 is 0 Å². The summed E-state index contributed by atoms with van der Waals surface area (Å²) in [5.74, 6) is 0. The molecular weight excluding hydrogens is 235 g/mol. The van der Waals surface area contributed by atoms with Crippen LogP contribution in [0.5, 0.6) is 0 Å². The van der Waals surface area contributed by atoms with Crippen LogP contribution in [0.2, 0.25) is 0 Å². The van der Waals surface area contributed by atoms with Gasteiger partial charge in [-0.3, -0.25) is 14.3 Å². The molecule has 1 aromatic rings. The van der Waals surface area contributed by atoms with Crippen LogP contribution in [0.4, 0.5) is 0 Å². The minimum atomic E-state index is -0.609. The summed E-state index contributed by atoms with van der Waals surface area (Å²) < 4.78 is 6.54. The maximum Gasteiger partial charge on any atom is 1.00 e. The fraction of sp³-hybridized carbons (Fsp3) is 0.400. The Balaban J connectivity index is 0.00000144. The molecule has 7 heteroatoms. The number of aromatic amines is 1. The molecule has 2 rings (SSSR count). The molecule has 6 nitrogen and oxygen atoms in total. The van der Waals surface area contributed by atoms with Crippen molar-refractivity contribution in [1.29, 1.82) is 0 Å². The quantitative estimate of drug-likeness (QED) is 0.422. The molecule has 86 valence electrons. The zero-order chi connectivity index (χ0) is 11.7. The predicted molar refractivity (Wildman–Crippen MR) is 54.0 cm³/mol. The molecule has 2 atom stereocenters. The SMILES string of the molecule is Cc1cn([C@H]2C=C[C@@H](C[O-])O2)c(=O)[nH]c1=O.[Na+]. The van der Waals surface area contributed by atoms with Gasteiger partial charge in [-0.05, 0) is 13.0 Å². The molecule has 0 fully saturated rings. The molecule has 0 aromatic carbocycles. The molecular formula is C10H11N2NaO4. The number of ether oxygens (including phenoxy) is 1. The molecule has 1 aliphatic heterocycles. The molecule has 0 aliphatic carbocycles. The molecule has 1 N–H and O–H groups in total. The standard InChI is InChI=1S/C10H11N2O4.Na/c1-6-4-12(10(15)11-9(6)14)8-3-2-7(5-13)16-8;/h2-4,7-8H,5H2,1H3,(H,11,14,15);/q-1;+1/t7-,8+;/m0./s1. The number of nitrogens with zero attached hydrogens (tertiary/aromatic N) is 1. The van der Waals surface area contributed by atoms with E-state index in [1.54, 1.807) is 19.1 Å². The molecule has 0 bridgehead atoms. The van der Waals surface area contributed by atoms with Crippen LogP contribution >= 0.6 is 0 Å². The van der Waals surface area contributed by atoms with Crippen molar-refractivity contribution in [2.75, 3.05) is 6.61 Å². The average molecular weight is 246 g/mol. The summed E-state index contributed by atoms with van der Waals surface area (Å²) in [6.45, 7) is 1.21. The Morgan fingerprint density at radius 3 is 2.76 bits per heavy atom. The molecule has 0 radical (unpaired) electrons. The van der Waals surface area contributed by atoms with E-state index in [4.69, 9.17) is 4.74 Å². The first-order chi connectivity index (χ1) is 7.61. The first-order valence-corrected chi connectivity index (χ1v) is 4.86. The monoisotopic (exact) mass is 246 g/mol. The summed E-state index contributed by atoms with van der Waals surface area (Å²) >= 11 is 0. The number of H-pyrrole nitrogens is 1. The van der Waals surface area contributed by atoms with Gasteiger partial charge in [0.1, 0.15) is 0 Å². The molecule has 0 spiro atoms. The minimum absolute atomic E-state index is 0. The van der Waals surface area contributed by atoms with E-state index in [-0.39, 0.29) is 36.2 Å². The topological polar surface area (TPSA) is 87.2 Å². The van der Waals surface area contributed by atoms with Crippen molar-refractivity contribution in [3.63, 3.8) is 0 Å². The maximum atomic E-state index is 11.5. The molecule has 0 unspecified atom stereocenters. The summed E-state index contributed by atoms with van der Waals surface area (Å²) in [5.41, 5.74) is -0.539. The number of nitrogens with one attached hydrogen (secondary N) is 1. The average Bonchev–Trinajstić information content (AvgIpc) is 2.71. The fourth-order valence-corrected chi connectivity index (χ4v) is 1.52. The van der Waals surface area contributed by atoms with E-state index >= 15 is 0 Å². The number of hydrogen-bond donors (Lipinski definition) is 1. The summed E-state index contributed by atoms with van der Waals surface area (Å²) in [7, 11) is 0. The summed E-state index contributed by atoms with van der Waals surface area (Å²) in [4.78, 5) is 24.8. The molecule has 1 aromatic heterocycles. The maximum absolute atomic E-state index is 11.5. The second-order valence-corrected chi connectivity index (χ2v) is 3.60. The van der Waals surface area contributed by atoms with Crippen LogP contribution in [0, 0.1) is 6.92 Å². The van der Waals surface area contributed by atoms with Crippen LogP contribution in [0.25, 0.3) is 0 Å². The second kappa shape index (κ2) is 5.79. The normalized spacial score (nSPS) is 22.5. The van der Waals surface area contributed by atoms with Crippen molar-refractivity contribution < 1.29 is 39.4 Å². The van der Waals surface area contributed by atoms with E-state index in [0.29, 0.717) is 5.56 Å². The minimum Gasteiger partial charge on any atom is -0.852 e. The van der Waals surface area contributed by atoms with Crippen LogP contribution < -0.4 is 45.9 Å². The van der Waals surface area contributed by atoms with Crippen molar-refractivity contribution in [3.05, 3.63) is 44.8 Å². The Morgan fingerprint density at radius 1 is 1.47 bits per heavy atom. The Kier molecular flexibility index (Phi) is 4.91. The summed E-state index contributed by atoms with van der Waals surface area (Å²) in [5, 5.41) is 10.6. The van der Waals surface area contributed by atoms with Gasteiger partial charge in [0.05, 0.1) is 6.10 Å². The number of hydrogen-bond acceptors (Lipinski definition) is 4. The van der Waals surface area contributed by atoms with Crippen molar-refractivity contribution in [3.8, 4) is 0 Å². The number of aryl methyl sites for hydroxylation is 1. The molecule has 1 aliphatic rings. The molecule has 0 amide bonds. The van der Waals surface area contributed by atoms with Gasteiger partial charge in [0.15, 0.2) is 6.23 Å². The zero-order valence-electron chi connectivity index (χ0n) is 9.67. The van der Waals surface area contributed by atoms with Crippen molar-refractivity contribution in [1.82, 2.24) is 9.55 Å². The van der Waals surface area contributed by atoms with Crippen LogP contribution in [-0.2, 0) is 4.74 Å². The first-order valence-electron chi connectivity index (χ1n) is 4.86. The second-order valence-electron chi connectivity index (χ2n) is 3.60. The third kappa shape index (κ3) is 2.97. The van der Waals surface area contributed by atoms with Crippen molar-refractivity contribution in [2.45, 2.75) is 19.3 Å². The third-order valence-corrected chi connectivity index (χ3v) is 2.39. The van der Waals surface area contributed by atoms with E-state index in [0.717, 1.165) is 0 Å². The Bertz CT molecular complexity index is 534. The molecule has 17 heavy (non-hydrogen) atoms. The predicted octanol–water partition coefficient (Wildman–Crippen LogP) is -4.34. The van der Waals surface area contributed by atoms with Crippen LogP contribution in [0.15, 0.2) is 27.9 Å². The molecule has 0 saturated carbocycles. The summed E-state index contributed by atoms with van der Waals surface area (Å²) in [6.07, 6.45) is 3.54. The third-order valence-electron chi connectivity index (χ3n) is 2.39. The van der Waals surface area contributed by atoms with Gasteiger partial charge in [-0.25, -0.2) is 4.79 Å². The van der Waals surface area contributed by atoms with Gasteiger partial charge in [0.2, 0.25) is 0 Å². The fourth-order valence-electron chi connectivity index (χ4n) is 1.52. The van der Waals surface area contributed by atoms with Gasteiger partial charge in [0, 0.05) is 11.8 Å². The Morgan fingerprint density at radius 2 is 2.18 bits per heavy atom. The van der Waals surface area contributed by atoms with E-state index in [1.165, 1.54) is 10.8 Å². The number of rotatable bonds is 2. The largest absolute Gasteiger partial charge is 1.00 e. The van der Waals surface area contributed by atoms with Gasteiger partial charge in [-0.1, -0.05) is 6.08 Å². The van der Waals surface area contributed by atoms with Crippen LogP contribution in [0.1, 0.15) is 11.8 Å². The van der Waals surface area contributed by atoms with Crippen molar-refractivity contribution in [2.24, 2.45) is 0 Å².